The summed E-state index contributed by atoms with van der Waals surface area (Å²) in [7, 11) is 0. The monoisotopic (exact) mass is 452 g/mol. The lowest BCUT2D eigenvalue weighted by atomic mass is 9.92. The van der Waals surface area contributed by atoms with Crippen molar-refractivity contribution < 1.29 is 35.1 Å². The van der Waals surface area contributed by atoms with Gasteiger partial charge < -0.3 is 11.5 Å². The number of hydrogen-bond donors (Lipinski definition) is 2. The van der Waals surface area contributed by atoms with E-state index in [2.05, 4.69) is 0 Å². The Bertz CT molecular complexity index is 822. The average molecular weight is 453 g/mol. The Morgan fingerprint density at radius 3 is 1.18 bits per heavy atom. The Hall–Kier alpha value is -1.62. The summed E-state index contributed by atoms with van der Waals surface area (Å²) >= 11 is 10.9. The van der Waals surface area contributed by atoms with Crippen LogP contribution in [0, 0.1) is 11.6 Å². The van der Waals surface area contributed by atoms with Gasteiger partial charge in [0.15, 0.2) is 0 Å². The van der Waals surface area contributed by atoms with Crippen molar-refractivity contribution in [3.63, 3.8) is 0 Å². The molecule has 0 aromatic heterocycles. The highest BCUT2D eigenvalue weighted by atomic mass is 35.5. The molecule has 0 radical (unpaired) electrons. The second kappa shape index (κ2) is 7.66. The van der Waals surface area contributed by atoms with Gasteiger partial charge in [-0.1, -0.05) is 23.2 Å². The standard InChI is InChI=1S/C16H10Cl2F8N2/c17-9-3-5(15(21,22)23)1-7(11(9)19)13(27)14(28)8-2-6(16(24,25)26)4-10(18)12(8)20/h1-4,13-14H,27-28H2. The van der Waals surface area contributed by atoms with Crippen molar-refractivity contribution in [1.82, 2.24) is 0 Å². The van der Waals surface area contributed by atoms with E-state index in [1.54, 1.807) is 0 Å². The highest BCUT2D eigenvalue weighted by molar-refractivity contribution is 6.31. The van der Waals surface area contributed by atoms with Crippen LogP contribution < -0.4 is 11.5 Å². The highest BCUT2D eigenvalue weighted by Crippen LogP contribution is 2.39. The van der Waals surface area contributed by atoms with Crippen LogP contribution in [-0.2, 0) is 12.4 Å². The van der Waals surface area contributed by atoms with E-state index >= 15 is 0 Å². The van der Waals surface area contributed by atoms with Crippen LogP contribution in [0.1, 0.15) is 34.3 Å². The van der Waals surface area contributed by atoms with Crippen LogP contribution in [0.15, 0.2) is 24.3 Å². The van der Waals surface area contributed by atoms with E-state index in [9.17, 15) is 35.1 Å². The molecule has 12 heteroatoms. The van der Waals surface area contributed by atoms with Gasteiger partial charge in [-0.05, 0) is 24.3 Å². The molecule has 2 atom stereocenters. The van der Waals surface area contributed by atoms with E-state index in [4.69, 9.17) is 34.7 Å². The third kappa shape index (κ3) is 4.51. The van der Waals surface area contributed by atoms with Crippen LogP contribution >= 0.6 is 23.2 Å². The smallest absolute Gasteiger partial charge is 0.322 e. The van der Waals surface area contributed by atoms with Crippen molar-refractivity contribution in [3.05, 3.63) is 68.2 Å². The maximum absolute atomic E-state index is 14.2. The van der Waals surface area contributed by atoms with Gasteiger partial charge in [0.1, 0.15) is 11.6 Å². The molecule has 2 aromatic carbocycles. The van der Waals surface area contributed by atoms with Crippen LogP contribution in [-0.4, -0.2) is 0 Å². The normalized spacial score (nSPS) is 14.9. The number of benzene rings is 2. The Morgan fingerprint density at radius 2 is 0.929 bits per heavy atom. The molecule has 4 N–H and O–H groups in total. The average Bonchev–Trinajstić information content (AvgIpc) is 2.56. The van der Waals surface area contributed by atoms with E-state index in [-0.39, 0.29) is 0 Å². The molecule has 2 unspecified atom stereocenters. The van der Waals surface area contributed by atoms with Crippen LogP contribution in [0.3, 0.4) is 0 Å². The fourth-order valence-electron chi connectivity index (χ4n) is 2.42. The van der Waals surface area contributed by atoms with Crippen LogP contribution in [0.5, 0.6) is 0 Å². The zero-order chi connectivity index (χ0) is 21.6. The van der Waals surface area contributed by atoms with Gasteiger partial charge in [-0.15, -0.1) is 0 Å². The van der Waals surface area contributed by atoms with Gasteiger partial charge >= 0.3 is 12.4 Å². The van der Waals surface area contributed by atoms with E-state index in [1.165, 1.54) is 0 Å². The molecule has 0 bridgehead atoms. The van der Waals surface area contributed by atoms with Crippen molar-refractivity contribution in [2.45, 2.75) is 24.4 Å². The zero-order valence-electron chi connectivity index (χ0n) is 13.4. The largest absolute Gasteiger partial charge is 0.416 e. The number of rotatable bonds is 3. The van der Waals surface area contributed by atoms with E-state index in [0.717, 1.165) is 0 Å². The molecule has 0 fully saturated rings. The lowest BCUT2D eigenvalue weighted by Gasteiger charge is -2.24. The third-order valence-electron chi connectivity index (χ3n) is 3.87. The van der Waals surface area contributed by atoms with Crippen molar-refractivity contribution in [1.29, 1.82) is 0 Å². The highest BCUT2D eigenvalue weighted by Gasteiger charge is 2.36. The molecule has 154 valence electrons. The Balaban J connectivity index is 2.58. The quantitative estimate of drug-likeness (QED) is 0.560. The van der Waals surface area contributed by atoms with Gasteiger partial charge in [0.25, 0.3) is 0 Å². The molecule has 0 spiro atoms. The molecule has 0 saturated heterocycles. The summed E-state index contributed by atoms with van der Waals surface area (Å²) in [5.74, 6) is -2.73. The molecule has 0 amide bonds. The first-order chi connectivity index (χ1) is 12.6. The van der Waals surface area contributed by atoms with Crippen molar-refractivity contribution >= 4 is 23.2 Å². The number of alkyl halides is 6. The molecule has 0 saturated carbocycles. The molecule has 0 aliphatic heterocycles. The first-order valence-corrected chi connectivity index (χ1v) is 8.03. The van der Waals surface area contributed by atoms with E-state index in [0.29, 0.717) is 24.3 Å². The van der Waals surface area contributed by atoms with Gasteiger partial charge in [0.05, 0.1) is 33.3 Å². The Labute approximate surface area is 163 Å². The Kier molecular flexibility index (Phi) is 6.20. The molecule has 0 heterocycles. The first kappa shape index (κ1) is 22.7. The SMILES string of the molecule is NC(c1cc(C(F)(F)F)cc(Cl)c1F)C(N)c1cc(C(F)(F)F)cc(Cl)c1F. The predicted octanol–water partition coefficient (Wildman–Crippen LogP) is 6.01. The van der Waals surface area contributed by atoms with Crippen molar-refractivity contribution in [2.75, 3.05) is 0 Å². The van der Waals surface area contributed by atoms with Gasteiger partial charge in [-0.25, -0.2) is 8.78 Å². The van der Waals surface area contributed by atoms with Crippen molar-refractivity contribution in [2.24, 2.45) is 11.5 Å². The van der Waals surface area contributed by atoms with Crippen LogP contribution in [0.4, 0.5) is 35.1 Å². The van der Waals surface area contributed by atoms with E-state index in [1.807, 2.05) is 0 Å². The van der Waals surface area contributed by atoms with E-state index < -0.39 is 68.4 Å². The first-order valence-electron chi connectivity index (χ1n) is 7.28. The number of nitrogens with two attached hydrogens (primary N) is 2. The topological polar surface area (TPSA) is 52.0 Å². The summed E-state index contributed by atoms with van der Waals surface area (Å²) in [6.07, 6.45) is -9.83. The molecular formula is C16H10Cl2F8N2. The molecular weight excluding hydrogens is 443 g/mol. The van der Waals surface area contributed by atoms with Crippen LogP contribution in [0.25, 0.3) is 0 Å². The molecule has 28 heavy (non-hydrogen) atoms. The molecule has 2 aromatic rings. The number of halogens is 10. The fourth-order valence-corrected chi connectivity index (χ4v) is 2.87. The second-order valence-electron chi connectivity index (χ2n) is 5.77. The second-order valence-corrected chi connectivity index (χ2v) is 6.58. The summed E-state index contributed by atoms with van der Waals surface area (Å²) < 4.78 is 106. The molecule has 2 rings (SSSR count). The van der Waals surface area contributed by atoms with Crippen molar-refractivity contribution in [3.8, 4) is 0 Å². The lowest BCUT2D eigenvalue weighted by Crippen LogP contribution is -2.29. The maximum atomic E-state index is 14.2. The summed E-state index contributed by atoms with van der Waals surface area (Å²) in [4.78, 5) is 0. The Morgan fingerprint density at radius 1 is 0.643 bits per heavy atom. The summed E-state index contributed by atoms with van der Waals surface area (Å²) in [6.45, 7) is 0. The van der Waals surface area contributed by atoms with Gasteiger partial charge in [0.2, 0.25) is 0 Å². The van der Waals surface area contributed by atoms with Gasteiger partial charge in [-0.2, -0.15) is 26.3 Å². The van der Waals surface area contributed by atoms with Gasteiger partial charge in [-0.3, -0.25) is 0 Å². The zero-order valence-corrected chi connectivity index (χ0v) is 14.9. The minimum atomic E-state index is -4.92. The lowest BCUT2D eigenvalue weighted by molar-refractivity contribution is -0.138. The maximum Gasteiger partial charge on any atom is 0.416 e. The summed E-state index contributed by atoms with van der Waals surface area (Å²) in [5.41, 5.74) is 6.88. The van der Waals surface area contributed by atoms with Crippen LogP contribution in [0.2, 0.25) is 10.0 Å². The summed E-state index contributed by atoms with van der Waals surface area (Å²) in [6, 6.07) is -2.51. The third-order valence-corrected chi connectivity index (χ3v) is 4.42. The number of hydrogen-bond acceptors (Lipinski definition) is 2. The summed E-state index contributed by atoms with van der Waals surface area (Å²) in [5, 5.41) is -1.87. The predicted molar refractivity (Wildman–Crippen MR) is 86.7 cm³/mol. The minimum Gasteiger partial charge on any atom is -0.322 e. The minimum absolute atomic E-state index is 0.304. The molecule has 0 aliphatic rings. The fraction of sp³-hybridized carbons (Fsp3) is 0.250. The van der Waals surface area contributed by atoms with Gasteiger partial charge in [0, 0.05) is 11.1 Å². The molecule has 0 aliphatic carbocycles. The molecule has 2 nitrogen and oxygen atoms in total.